The molecular weight excluding hydrogens is 419 g/mol. The molecule has 0 heterocycles. The highest BCUT2D eigenvalue weighted by Gasteiger charge is 2.64. The van der Waals surface area contributed by atoms with Crippen LogP contribution < -0.4 is 0 Å². The van der Waals surface area contributed by atoms with Gasteiger partial charge >= 0.3 is 18.3 Å². The van der Waals surface area contributed by atoms with Gasteiger partial charge in [-0.3, -0.25) is 4.90 Å². The molecule has 0 spiro atoms. The summed E-state index contributed by atoms with van der Waals surface area (Å²) in [6.45, 7) is -2.51. The molecule has 0 bridgehead atoms. The first-order chi connectivity index (χ1) is 12.5. The minimum absolute atomic E-state index is 0.229. The highest BCUT2D eigenvalue weighted by molar-refractivity contribution is 4.95. The zero-order chi connectivity index (χ0) is 22.4. The number of rotatable bonds is 12. The summed E-state index contributed by atoms with van der Waals surface area (Å²) in [6.07, 6.45) is -18.6. The van der Waals surface area contributed by atoms with E-state index in [4.69, 9.17) is 0 Å². The quantitative estimate of drug-likeness (QED) is 0.222. The Balaban J connectivity index is 5.26. The standard InChI is InChI=1S/C15H22F11NO/c1-3-5-6-7-27(4-2)11(17)12(18,15(24,25)26)8-28-9-13(19,20)10(16)14(21,22)23/h10-11H,3-9H2,1-2H3. The minimum atomic E-state index is -6.01. The van der Waals surface area contributed by atoms with Crippen LogP contribution in [-0.2, 0) is 4.74 Å². The van der Waals surface area contributed by atoms with Gasteiger partial charge in [0.15, 0.2) is 6.30 Å². The molecule has 2 nitrogen and oxygen atoms in total. The molecule has 0 aliphatic carbocycles. The molecule has 0 aromatic heterocycles. The molecule has 0 amide bonds. The van der Waals surface area contributed by atoms with Gasteiger partial charge in [-0.1, -0.05) is 26.7 Å². The van der Waals surface area contributed by atoms with E-state index in [0.717, 1.165) is 0 Å². The zero-order valence-corrected chi connectivity index (χ0v) is 15.1. The van der Waals surface area contributed by atoms with Crippen LogP contribution in [0.25, 0.3) is 0 Å². The van der Waals surface area contributed by atoms with Crippen molar-refractivity contribution in [2.45, 2.75) is 69.5 Å². The predicted octanol–water partition coefficient (Wildman–Crippen LogP) is 5.62. The van der Waals surface area contributed by atoms with Gasteiger partial charge < -0.3 is 4.74 Å². The second-order valence-electron chi connectivity index (χ2n) is 6.19. The van der Waals surface area contributed by atoms with Crippen molar-refractivity contribution in [2.24, 2.45) is 0 Å². The number of alkyl halides is 11. The summed E-state index contributed by atoms with van der Waals surface area (Å²) >= 11 is 0. The van der Waals surface area contributed by atoms with Gasteiger partial charge in [-0.2, -0.15) is 26.3 Å². The van der Waals surface area contributed by atoms with Gasteiger partial charge in [0.2, 0.25) is 0 Å². The van der Waals surface area contributed by atoms with Gasteiger partial charge in [0.25, 0.3) is 11.8 Å². The lowest BCUT2D eigenvalue weighted by Crippen LogP contribution is -2.59. The number of nitrogens with zero attached hydrogens (tertiary/aromatic N) is 1. The summed E-state index contributed by atoms with van der Waals surface area (Å²) in [5.74, 6) is -5.28. The topological polar surface area (TPSA) is 12.5 Å². The summed E-state index contributed by atoms with van der Waals surface area (Å²) in [4.78, 5) is 0.471. The van der Waals surface area contributed by atoms with E-state index >= 15 is 0 Å². The van der Waals surface area contributed by atoms with Gasteiger partial charge in [-0.05, 0) is 13.0 Å². The van der Waals surface area contributed by atoms with Crippen LogP contribution in [0.3, 0.4) is 0 Å². The zero-order valence-electron chi connectivity index (χ0n) is 15.1. The van der Waals surface area contributed by atoms with Crippen molar-refractivity contribution in [1.29, 1.82) is 0 Å². The van der Waals surface area contributed by atoms with Crippen LogP contribution in [0.5, 0.6) is 0 Å². The maximum Gasteiger partial charge on any atom is 0.429 e. The largest absolute Gasteiger partial charge is 0.429 e. The Morgan fingerprint density at radius 3 is 1.75 bits per heavy atom. The van der Waals surface area contributed by atoms with Gasteiger partial charge in [0, 0.05) is 6.54 Å². The van der Waals surface area contributed by atoms with Crippen LogP contribution in [0.15, 0.2) is 0 Å². The van der Waals surface area contributed by atoms with Gasteiger partial charge in [-0.25, -0.2) is 22.0 Å². The van der Waals surface area contributed by atoms with Gasteiger partial charge in [0.05, 0.1) is 6.61 Å². The average Bonchev–Trinajstić information content (AvgIpc) is 2.55. The average molecular weight is 441 g/mol. The molecule has 28 heavy (non-hydrogen) atoms. The summed E-state index contributed by atoms with van der Waals surface area (Å²) in [7, 11) is 0. The van der Waals surface area contributed by atoms with E-state index in [1.54, 1.807) is 6.92 Å². The summed E-state index contributed by atoms with van der Waals surface area (Å²) < 4.78 is 146. The summed E-state index contributed by atoms with van der Waals surface area (Å²) in [5, 5.41) is 0. The van der Waals surface area contributed by atoms with Crippen LogP contribution in [-0.4, -0.2) is 67.6 Å². The fraction of sp³-hybridized carbons (Fsp3) is 1.00. The maximum absolute atomic E-state index is 14.4. The Bertz CT molecular complexity index is 454. The number of hydrogen-bond donors (Lipinski definition) is 0. The predicted molar refractivity (Wildman–Crippen MR) is 78.3 cm³/mol. The molecule has 0 aromatic carbocycles. The number of ether oxygens (including phenoxy) is 1. The molecule has 0 rings (SSSR count). The molecule has 0 radical (unpaired) electrons. The Morgan fingerprint density at radius 2 is 1.36 bits per heavy atom. The van der Waals surface area contributed by atoms with E-state index < -0.39 is 49.6 Å². The second kappa shape index (κ2) is 10.3. The lowest BCUT2D eigenvalue weighted by Gasteiger charge is -2.37. The van der Waals surface area contributed by atoms with Crippen molar-refractivity contribution in [3.05, 3.63) is 0 Å². The molecule has 0 fully saturated rings. The molecule has 13 heteroatoms. The van der Waals surface area contributed by atoms with E-state index in [-0.39, 0.29) is 19.5 Å². The van der Waals surface area contributed by atoms with Crippen molar-refractivity contribution in [3.8, 4) is 0 Å². The van der Waals surface area contributed by atoms with E-state index in [9.17, 15) is 48.3 Å². The third-order valence-electron chi connectivity index (χ3n) is 3.89. The van der Waals surface area contributed by atoms with E-state index in [1.807, 2.05) is 0 Å². The molecule has 3 unspecified atom stereocenters. The Kier molecular flexibility index (Phi) is 9.95. The van der Waals surface area contributed by atoms with E-state index in [1.165, 1.54) is 6.92 Å². The van der Waals surface area contributed by atoms with Crippen molar-refractivity contribution < 1.29 is 53.0 Å². The molecule has 0 aliphatic heterocycles. The number of halogens is 11. The minimum Gasteiger partial charge on any atom is -0.371 e. The van der Waals surface area contributed by atoms with Crippen LogP contribution in [0, 0.1) is 0 Å². The molecular formula is C15H22F11NO. The molecule has 0 N–H and O–H groups in total. The van der Waals surface area contributed by atoms with Gasteiger partial charge in [0.1, 0.15) is 6.61 Å². The van der Waals surface area contributed by atoms with Crippen LogP contribution in [0.2, 0.25) is 0 Å². The first kappa shape index (κ1) is 27.1. The molecule has 3 atom stereocenters. The van der Waals surface area contributed by atoms with Crippen molar-refractivity contribution >= 4 is 0 Å². The van der Waals surface area contributed by atoms with Crippen LogP contribution >= 0.6 is 0 Å². The fourth-order valence-corrected chi connectivity index (χ4v) is 2.22. The monoisotopic (exact) mass is 441 g/mol. The second-order valence-corrected chi connectivity index (χ2v) is 6.19. The highest BCUT2D eigenvalue weighted by Crippen LogP contribution is 2.41. The first-order valence-electron chi connectivity index (χ1n) is 8.34. The van der Waals surface area contributed by atoms with E-state index in [2.05, 4.69) is 4.74 Å². The molecule has 0 saturated heterocycles. The Morgan fingerprint density at radius 1 is 0.821 bits per heavy atom. The Labute approximate surface area is 155 Å². The smallest absolute Gasteiger partial charge is 0.371 e. The molecule has 0 aliphatic rings. The van der Waals surface area contributed by atoms with Crippen molar-refractivity contribution in [1.82, 2.24) is 4.90 Å². The van der Waals surface area contributed by atoms with Crippen molar-refractivity contribution in [3.63, 3.8) is 0 Å². The molecule has 0 saturated carbocycles. The first-order valence-corrected chi connectivity index (χ1v) is 8.34. The maximum atomic E-state index is 14.4. The SMILES string of the molecule is CCCCCN(CC)C(F)C(F)(COCC(F)(F)C(F)C(F)(F)F)C(F)(F)F. The lowest BCUT2D eigenvalue weighted by atomic mass is 10.0. The lowest BCUT2D eigenvalue weighted by molar-refractivity contribution is -0.293. The van der Waals surface area contributed by atoms with Gasteiger partial charge in [-0.15, -0.1) is 0 Å². The fourth-order valence-electron chi connectivity index (χ4n) is 2.22. The third-order valence-corrected chi connectivity index (χ3v) is 3.89. The molecule has 170 valence electrons. The normalized spacial score (nSPS) is 18.2. The van der Waals surface area contributed by atoms with Crippen LogP contribution in [0.1, 0.15) is 33.1 Å². The Hall–Kier alpha value is -0.850. The third kappa shape index (κ3) is 7.20. The highest BCUT2D eigenvalue weighted by atomic mass is 19.4. The van der Waals surface area contributed by atoms with Crippen molar-refractivity contribution in [2.75, 3.05) is 26.3 Å². The number of unbranched alkanes of at least 4 members (excludes halogenated alkanes) is 2. The van der Waals surface area contributed by atoms with E-state index in [0.29, 0.717) is 17.7 Å². The summed E-state index contributed by atoms with van der Waals surface area (Å²) in [6, 6.07) is 0. The number of hydrogen-bond acceptors (Lipinski definition) is 2. The van der Waals surface area contributed by atoms with Crippen LogP contribution in [0.4, 0.5) is 48.3 Å². The summed E-state index contributed by atoms with van der Waals surface area (Å²) in [5.41, 5.74) is -4.80. The molecule has 0 aromatic rings.